The quantitative estimate of drug-likeness (QED) is 0.257. The van der Waals surface area contributed by atoms with Crippen molar-refractivity contribution in [1.82, 2.24) is 4.31 Å². The lowest BCUT2D eigenvalue weighted by molar-refractivity contribution is -0.116. The highest BCUT2D eigenvalue weighted by Gasteiger charge is 2.27. The van der Waals surface area contributed by atoms with Gasteiger partial charge in [0.15, 0.2) is 0 Å². The van der Waals surface area contributed by atoms with Crippen LogP contribution in [0.25, 0.3) is 0 Å². The van der Waals surface area contributed by atoms with Gasteiger partial charge < -0.3 is 10.1 Å². The molecule has 0 aliphatic carbocycles. The fraction of sp³-hybridized carbons (Fsp3) is 0.231. The van der Waals surface area contributed by atoms with Gasteiger partial charge in [0.05, 0.1) is 23.6 Å². The van der Waals surface area contributed by atoms with Crippen LogP contribution in [0.5, 0.6) is 0 Å². The molecule has 0 radical (unpaired) electrons. The van der Waals surface area contributed by atoms with E-state index in [0.29, 0.717) is 17.9 Å². The number of amides is 1. The van der Waals surface area contributed by atoms with Gasteiger partial charge in [0.2, 0.25) is 15.9 Å². The largest absolute Gasteiger partial charge is 0.462 e. The Kier molecular flexibility index (Phi) is 9.59. The second kappa shape index (κ2) is 12.6. The number of nitrogens with zero attached hydrogens (tertiary/aromatic N) is 1. The summed E-state index contributed by atoms with van der Waals surface area (Å²) in [7, 11) is -3.94. The summed E-state index contributed by atoms with van der Waals surface area (Å²) < 4.78 is 33.8. The molecule has 0 unspecified atom stereocenters. The van der Waals surface area contributed by atoms with Gasteiger partial charge in [-0.25, -0.2) is 13.2 Å². The summed E-state index contributed by atoms with van der Waals surface area (Å²) in [6.07, 6.45) is 1.72. The number of hydrogen-bond donors (Lipinski definition) is 1. The Morgan fingerprint density at radius 1 is 0.943 bits per heavy atom. The molecule has 0 fully saturated rings. The van der Waals surface area contributed by atoms with Gasteiger partial charge in [0.25, 0.3) is 0 Å². The summed E-state index contributed by atoms with van der Waals surface area (Å²) >= 11 is 3.31. The van der Waals surface area contributed by atoms with Crippen molar-refractivity contribution >= 4 is 43.5 Å². The van der Waals surface area contributed by atoms with Crippen LogP contribution in [-0.2, 0) is 26.1 Å². The number of carbonyl (C=O) groups excluding carboxylic acids is 2. The maximum absolute atomic E-state index is 13.3. The molecule has 1 amide bonds. The van der Waals surface area contributed by atoms with Crippen LogP contribution < -0.4 is 5.32 Å². The monoisotopic (exact) mass is 558 g/mol. The Labute approximate surface area is 214 Å². The van der Waals surface area contributed by atoms with Crippen LogP contribution in [0.3, 0.4) is 0 Å². The van der Waals surface area contributed by atoms with Gasteiger partial charge in [-0.2, -0.15) is 4.31 Å². The zero-order valence-electron chi connectivity index (χ0n) is 19.3. The molecule has 3 aromatic rings. The lowest BCUT2D eigenvalue weighted by Crippen LogP contribution is -2.37. The van der Waals surface area contributed by atoms with Crippen molar-refractivity contribution in [3.05, 3.63) is 94.5 Å². The van der Waals surface area contributed by atoms with Gasteiger partial charge in [-0.1, -0.05) is 59.6 Å². The number of carbonyl (C=O) groups is 2. The molecule has 1 N–H and O–H groups in total. The van der Waals surface area contributed by atoms with Crippen LogP contribution in [0.15, 0.2) is 88.2 Å². The molecule has 3 aromatic carbocycles. The fourth-order valence-electron chi connectivity index (χ4n) is 3.21. The third-order valence-corrected chi connectivity index (χ3v) is 7.44. The number of unbranched alkanes of at least 4 members (excludes halogenated alkanes) is 1. The van der Waals surface area contributed by atoms with Crippen molar-refractivity contribution in [2.45, 2.75) is 31.2 Å². The Balaban J connectivity index is 1.73. The number of nitrogens with one attached hydrogen (secondary N) is 1. The predicted molar refractivity (Wildman–Crippen MR) is 138 cm³/mol. The second-order valence-electron chi connectivity index (χ2n) is 7.83. The molecule has 3 rings (SSSR count). The summed E-state index contributed by atoms with van der Waals surface area (Å²) in [5, 5.41) is 2.70. The molecule has 0 atom stereocenters. The lowest BCUT2D eigenvalue weighted by Gasteiger charge is -2.22. The van der Waals surface area contributed by atoms with Gasteiger partial charge in [-0.3, -0.25) is 4.79 Å². The average molecular weight is 559 g/mol. The molecule has 0 heterocycles. The highest BCUT2D eigenvalue weighted by molar-refractivity contribution is 9.10. The third kappa shape index (κ3) is 7.74. The first-order valence-electron chi connectivity index (χ1n) is 11.2. The number of halogens is 1. The molecular weight excluding hydrogens is 532 g/mol. The number of sulfonamides is 1. The SMILES string of the molecule is CCCCOC(=O)c1ccc(NC(=O)CN(Cc2ccccc2)S(=O)(=O)c2ccc(Br)cc2)cc1. The zero-order chi connectivity index (χ0) is 25.3. The average Bonchev–Trinajstić information content (AvgIpc) is 2.85. The summed E-state index contributed by atoms with van der Waals surface area (Å²) in [6, 6.07) is 21.6. The molecule has 0 saturated carbocycles. The number of hydrogen-bond acceptors (Lipinski definition) is 5. The maximum Gasteiger partial charge on any atom is 0.338 e. The summed E-state index contributed by atoms with van der Waals surface area (Å²) in [5.41, 5.74) is 1.58. The van der Waals surface area contributed by atoms with Crippen molar-refractivity contribution in [3.63, 3.8) is 0 Å². The highest BCUT2D eigenvalue weighted by atomic mass is 79.9. The molecular formula is C26H27BrN2O5S. The molecule has 0 bridgehead atoms. The van der Waals surface area contributed by atoms with E-state index in [9.17, 15) is 18.0 Å². The van der Waals surface area contributed by atoms with Gasteiger partial charge in [0.1, 0.15) is 0 Å². The molecule has 0 spiro atoms. The first-order chi connectivity index (χ1) is 16.8. The van der Waals surface area contributed by atoms with Gasteiger partial charge in [-0.15, -0.1) is 0 Å². The Bertz CT molecular complexity index is 1230. The van der Waals surface area contributed by atoms with Gasteiger partial charge in [-0.05, 0) is 60.5 Å². The topological polar surface area (TPSA) is 92.8 Å². The van der Waals surface area contributed by atoms with E-state index in [1.165, 1.54) is 12.1 Å². The van der Waals surface area contributed by atoms with Gasteiger partial charge in [0, 0.05) is 16.7 Å². The van der Waals surface area contributed by atoms with Crippen molar-refractivity contribution in [1.29, 1.82) is 0 Å². The minimum atomic E-state index is -3.94. The molecule has 9 heteroatoms. The highest BCUT2D eigenvalue weighted by Crippen LogP contribution is 2.21. The van der Waals surface area contributed by atoms with E-state index in [1.54, 1.807) is 48.5 Å². The van der Waals surface area contributed by atoms with Crippen LogP contribution in [0.4, 0.5) is 5.69 Å². The number of anilines is 1. The van der Waals surface area contributed by atoms with E-state index in [2.05, 4.69) is 21.2 Å². The number of rotatable bonds is 11. The number of benzene rings is 3. The minimum absolute atomic E-state index is 0.0369. The van der Waals surface area contributed by atoms with Gasteiger partial charge >= 0.3 is 5.97 Å². The molecule has 0 saturated heterocycles. The molecule has 7 nitrogen and oxygen atoms in total. The van der Waals surface area contributed by atoms with Crippen LogP contribution in [0, 0.1) is 0 Å². The Morgan fingerprint density at radius 3 is 2.23 bits per heavy atom. The van der Waals surface area contributed by atoms with Crippen LogP contribution in [0.1, 0.15) is 35.7 Å². The van der Waals surface area contributed by atoms with E-state index in [0.717, 1.165) is 27.2 Å². The predicted octanol–water partition coefficient (Wildman–Crippen LogP) is 5.24. The van der Waals surface area contributed by atoms with E-state index in [-0.39, 0.29) is 18.0 Å². The van der Waals surface area contributed by atoms with E-state index >= 15 is 0 Å². The molecule has 0 aliphatic heterocycles. The van der Waals surface area contributed by atoms with Crippen molar-refractivity contribution in [2.75, 3.05) is 18.5 Å². The third-order valence-electron chi connectivity index (χ3n) is 5.11. The fourth-order valence-corrected chi connectivity index (χ4v) is 4.86. The van der Waals surface area contributed by atoms with Crippen LogP contribution in [0.2, 0.25) is 0 Å². The number of ether oxygens (including phenoxy) is 1. The first-order valence-corrected chi connectivity index (χ1v) is 13.4. The van der Waals surface area contributed by atoms with E-state index in [1.807, 2.05) is 25.1 Å². The van der Waals surface area contributed by atoms with Crippen LogP contribution >= 0.6 is 15.9 Å². The van der Waals surface area contributed by atoms with E-state index in [4.69, 9.17) is 4.74 Å². The number of esters is 1. The molecule has 0 aromatic heterocycles. The second-order valence-corrected chi connectivity index (χ2v) is 10.7. The molecule has 35 heavy (non-hydrogen) atoms. The minimum Gasteiger partial charge on any atom is -0.462 e. The zero-order valence-corrected chi connectivity index (χ0v) is 21.7. The maximum atomic E-state index is 13.3. The van der Waals surface area contributed by atoms with Crippen molar-refractivity contribution in [2.24, 2.45) is 0 Å². The van der Waals surface area contributed by atoms with Crippen molar-refractivity contribution in [3.8, 4) is 0 Å². The lowest BCUT2D eigenvalue weighted by atomic mass is 10.2. The summed E-state index contributed by atoms with van der Waals surface area (Å²) in [6.45, 7) is 2.03. The van der Waals surface area contributed by atoms with Crippen molar-refractivity contribution < 1.29 is 22.7 Å². The van der Waals surface area contributed by atoms with Crippen LogP contribution in [-0.4, -0.2) is 37.8 Å². The molecule has 0 aliphatic rings. The first kappa shape index (κ1) is 26.6. The normalized spacial score (nSPS) is 11.3. The summed E-state index contributed by atoms with van der Waals surface area (Å²) in [5.74, 6) is -0.925. The summed E-state index contributed by atoms with van der Waals surface area (Å²) in [4.78, 5) is 25.0. The Morgan fingerprint density at radius 2 is 1.60 bits per heavy atom. The molecule has 184 valence electrons. The van der Waals surface area contributed by atoms with E-state index < -0.39 is 21.9 Å². The standard InChI is InChI=1S/C26H27BrN2O5S/c1-2-3-17-34-26(31)21-9-13-23(14-10-21)28-25(30)19-29(18-20-7-5-4-6-8-20)35(32,33)24-15-11-22(27)12-16-24/h4-16H,2-3,17-19H2,1H3,(H,28,30). The Hall–Kier alpha value is -3.01. The smallest absolute Gasteiger partial charge is 0.338 e.